The number of amides is 1. The van der Waals surface area contributed by atoms with Crippen molar-refractivity contribution in [3.63, 3.8) is 0 Å². The van der Waals surface area contributed by atoms with Gasteiger partial charge in [-0.1, -0.05) is 12.1 Å². The van der Waals surface area contributed by atoms with E-state index in [1.54, 1.807) is 42.9 Å². The van der Waals surface area contributed by atoms with Crippen molar-refractivity contribution in [3.8, 4) is 0 Å². The van der Waals surface area contributed by atoms with Crippen molar-refractivity contribution in [1.82, 2.24) is 15.3 Å². The van der Waals surface area contributed by atoms with Crippen molar-refractivity contribution in [3.05, 3.63) is 48.4 Å². The molecule has 0 atom stereocenters. The third-order valence-corrected chi connectivity index (χ3v) is 4.39. The van der Waals surface area contributed by atoms with Crippen LogP contribution in [0.2, 0.25) is 0 Å². The van der Waals surface area contributed by atoms with Gasteiger partial charge in [0.1, 0.15) is 5.82 Å². The summed E-state index contributed by atoms with van der Waals surface area (Å²) in [6.07, 6.45) is 4.72. The Hall–Kier alpha value is -2.68. The first-order chi connectivity index (χ1) is 11.5. The molecule has 0 aliphatic carbocycles. The SMILES string of the molecule is CCS(=O)(=O)Nc1ccccc1C(=O)NCCNc1cnccn1. The number of carbonyl (C=O) groups excluding carboxylic acids is 1. The lowest BCUT2D eigenvalue weighted by Gasteiger charge is -2.12. The molecule has 8 nitrogen and oxygen atoms in total. The van der Waals surface area contributed by atoms with Crippen LogP contribution in [0.15, 0.2) is 42.9 Å². The summed E-state index contributed by atoms with van der Waals surface area (Å²) in [6.45, 7) is 2.35. The Morgan fingerprint density at radius 1 is 1.17 bits per heavy atom. The lowest BCUT2D eigenvalue weighted by atomic mass is 10.1. The monoisotopic (exact) mass is 349 g/mol. The van der Waals surface area contributed by atoms with Crippen LogP contribution < -0.4 is 15.4 Å². The van der Waals surface area contributed by atoms with E-state index in [0.717, 1.165) is 0 Å². The highest BCUT2D eigenvalue weighted by atomic mass is 32.2. The van der Waals surface area contributed by atoms with E-state index < -0.39 is 10.0 Å². The van der Waals surface area contributed by atoms with Gasteiger partial charge in [-0.15, -0.1) is 0 Å². The molecule has 2 aromatic rings. The van der Waals surface area contributed by atoms with Gasteiger partial charge < -0.3 is 10.6 Å². The molecule has 0 aliphatic rings. The van der Waals surface area contributed by atoms with Crippen LogP contribution in [-0.2, 0) is 10.0 Å². The molecule has 128 valence electrons. The Labute approximate surface area is 140 Å². The summed E-state index contributed by atoms with van der Waals surface area (Å²) < 4.78 is 25.8. The third-order valence-electron chi connectivity index (χ3n) is 3.10. The van der Waals surface area contributed by atoms with Gasteiger partial charge in [-0.25, -0.2) is 13.4 Å². The van der Waals surface area contributed by atoms with Crippen LogP contribution in [0.1, 0.15) is 17.3 Å². The molecule has 2 rings (SSSR count). The average molecular weight is 349 g/mol. The fraction of sp³-hybridized carbons (Fsp3) is 0.267. The normalized spacial score (nSPS) is 10.9. The van der Waals surface area contributed by atoms with Gasteiger partial charge in [0.05, 0.1) is 23.2 Å². The first-order valence-electron chi connectivity index (χ1n) is 7.39. The van der Waals surface area contributed by atoms with E-state index in [-0.39, 0.29) is 22.9 Å². The summed E-state index contributed by atoms with van der Waals surface area (Å²) in [4.78, 5) is 20.2. The minimum atomic E-state index is -3.45. The van der Waals surface area contributed by atoms with E-state index in [2.05, 4.69) is 25.3 Å². The molecule has 1 amide bonds. The molecule has 0 bridgehead atoms. The highest BCUT2D eigenvalue weighted by molar-refractivity contribution is 7.92. The molecule has 0 saturated heterocycles. The zero-order valence-corrected chi connectivity index (χ0v) is 14.0. The maximum absolute atomic E-state index is 12.2. The maximum atomic E-state index is 12.2. The second-order valence-electron chi connectivity index (χ2n) is 4.82. The van der Waals surface area contributed by atoms with Crippen molar-refractivity contribution in [1.29, 1.82) is 0 Å². The van der Waals surface area contributed by atoms with E-state index in [1.165, 1.54) is 6.92 Å². The fourth-order valence-corrected chi connectivity index (χ4v) is 2.52. The van der Waals surface area contributed by atoms with Crippen LogP contribution in [0.25, 0.3) is 0 Å². The first-order valence-corrected chi connectivity index (χ1v) is 9.04. The summed E-state index contributed by atoms with van der Waals surface area (Å²) >= 11 is 0. The highest BCUT2D eigenvalue weighted by Gasteiger charge is 2.14. The van der Waals surface area contributed by atoms with Crippen molar-refractivity contribution in [2.45, 2.75) is 6.92 Å². The molecule has 24 heavy (non-hydrogen) atoms. The molecule has 0 aliphatic heterocycles. The Morgan fingerprint density at radius 2 is 1.96 bits per heavy atom. The van der Waals surface area contributed by atoms with Gasteiger partial charge >= 0.3 is 0 Å². The number of hydrogen-bond acceptors (Lipinski definition) is 6. The molecular formula is C15H19N5O3S. The molecule has 9 heteroatoms. The van der Waals surface area contributed by atoms with Gasteiger partial charge in [-0.05, 0) is 19.1 Å². The minimum Gasteiger partial charge on any atom is -0.367 e. The number of aromatic nitrogens is 2. The lowest BCUT2D eigenvalue weighted by molar-refractivity contribution is 0.0956. The van der Waals surface area contributed by atoms with Crippen molar-refractivity contribution < 1.29 is 13.2 Å². The van der Waals surface area contributed by atoms with Crippen LogP contribution in [0.3, 0.4) is 0 Å². The van der Waals surface area contributed by atoms with E-state index in [9.17, 15) is 13.2 Å². The second-order valence-corrected chi connectivity index (χ2v) is 6.84. The minimum absolute atomic E-state index is 0.0645. The first kappa shape index (κ1) is 17.7. The van der Waals surface area contributed by atoms with Gasteiger partial charge in [0.2, 0.25) is 10.0 Å². The highest BCUT2D eigenvalue weighted by Crippen LogP contribution is 2.16. The Kier molecular flexibility index (Phi) is 6.07. The Bertz CT molecular complexity index is 781. The molecular weight excluding hydrogens is 330 g/mol. The molecule has 1 aromatic heterocycles. The molecule has 0 saturated carbocycles. The van der Waals surface area contributed by atoms with Gasteiger partial charge in [0.25, 0.3) is 5.91 Å². The standard InChI is InChI=1S/C15H19N5O3S/c1-2-24(22,23)20-13-6-4-3-5-12(13)15(21)19-10-9-18-14-11-16-7-8-17-14/h3-8,11,20H,2,9-10H2,1H3,(H,17,18)(H,19,21). The summed E-state index contributed by atoms with van der Waals surface area (Å²) in [6, 6.07) is 6.47. The van der Waals surface area contributed by atoms with E-state index >= 15 is 0 Å². The van der Waals surface area contributed by atoms with Gasteiger partial charge in [0, 0.05) is 25.5 Å². The summed E-state index contributed by atoms with van der Waals surface area (Å²) in [5, 5.41) is 5.74. The molecule has 0 spiro atoms. The predicted molar refractivity (Wildman–Crippen MR) is 92.4 cm³/mol. The molecule has 0 radical (unpaired) electrons. The number of anilines is 2. The topological polar surface area (TPSA) is 113 Å². The molecule has 3 N–H and O–H groups in total. The predicted octanol–water partition coefficient (Wildman–Crippen LogP) is 1.08. The van der Waals surface area contributed by atoms with Crippen LogP contribution in [0.5, 0.6) is 0 Å². The number of nitrogens with zero attached hydrogens (tertiary/aromatic N) is 2. The zero-order chi connectivity index (χ0) is 17.4. The molecule has 0 fully saturated rings. The largest absolute Gasteiger partial charge is 0.367 e. The maximum Gasteiger partial charge on any atom is 0.253 e. The van der Waals surface area contributed by atoms with Crippen LogP contribution >= 0.6 is 0 Å². The smallest absolute Gasteiger partial charge is 0.253 e. The van der Waals surface area contributed by atoms with Crippen molar-refractivity contribution >= 4 is 27.4 Å². The molecule has 0 unspecified atom stereocenters. The zero-order valence-electron chi connectivity index (χ0n) is 13.2. The van der Waals surface area contributed by atoms with Crippen molar-refractivity contribution in [2.24, 2.45) is 0 Å². The number of para-hydroxylation sites is 1. The van der Waals surface area contributed by atoms with Gasteiger partial charge in [0.15, 0.2) is 0 Å². The summed E-state index contributed by atoms with van der Waals surface area (Å²) in [7, 11) is -3.45. The number of hydrogen-bond donors (Lipinski definition) is 3. The van der Waals surface area contributed by atoms with E-state index in [1.807, 2.05) is 0 Å². The lowest BCUT2D eigenvalue weighted by Crippen LogP contribution is -2.30. The number of carbonyl (C=O) groups is 1. The van der Waals surface area contributed by atoms with Crippen molar-refractivity contribution in [2.75, 3.05) is 28.9 Å². The fourth-order valence-electron chi connectivity index (χ4n) is 1.86. The second kappa shape index (κ2) is 8.25. The van der Waals surface area contributed by atoms with Gasteiger partial charge in [-0.2, -0.15) is 0 Å². The number of nitrogens with one attached hydrogen (secondary N) is 3. The van der Waals surface area contributed by atoms with E-state index in [0.29, 0.717) is 18.9 Å². The van der Waals surface area contributed by atoms with Crippen LogP contribution in [0, 0.1) is 0 Å². The number of rotatable bonds is 8. The number of benzene rings is 1. The number of sulfonamides is 1. The Balaban J connectivity index is 1.92. The van der Waals surface area contributed by atoms with Crippen LogP contribution in [0.4, 0.5) is 11.5 Å². The van der Waals surface area contributed by atoms with Gasteiger partial charge in [-0.3, -0.25) is 14.5 Å². The van der Waals surface area contributed by atoms with E-state index in [4.69, 9.17) is 0 Å². The third kappa shape index (κ3) is 5.20. The molecule has 1 aromatic carbocycles. The average Bonchev–Trinajstić information content (AvgIpc) is 2.59. The summed E-state index contributed by atoms with van der Waals surface area (Å²) in [5.41, 5.74) is 0.535. The Morgan fingerprint density at radius 3 is 2.67 bits per heavy atom. The quantitative estimate of drug-likeness (QED) is 0.615. The summed E-state index contributed by atoms with van der Waals surface area (Å²) in [5.74, 6) is 0.193. The molecule has 1 heterocycles. The van der Waals surface area contributed by atoms with Crippen LogP contribution in [-0.4, -0.2) is 43.1 Å².